The molecule has 8 nitrogen and oxygen atoms in total. The minimum absolute atomic E-state index is 0.0186. The van der Waals surface area contributed by atoms with Gasteiger partial charge in [0.2, 0.25) is 9.84 Å². The first kappa shape index (κ1) is 24.8. The molecular weight excluding hydrogens is 512 g/mol. The van der Waals surface area contributed by atoms with Gasteiger partial charge in [0.05, 0.1) is 24.7 Å². The van der Waals surface area contributed by atoms with Gasteiger partial charge in [0.15, 0.2) is 18.1 Å². The quantitative estimate of drug-likeness (QED) is 0.477. The molecule has 3 rings (SSSR count). The van der Waals surface area contributed by atoms with Crippen molar-refractivity contribution in [1.29, 1.82) is 5.26 Å². The molecule has 1 saturated heterocycles. The molecule has 0 aliphatic carbocycles. The van der Waals surface area contributed by atoms with Gasteiger partial charge < -0.3 is 19.1 Å². The number of rotatable bonds is 8. The summed E-state index contributed by atoms with van der Waals surface area (Å²) >= 11 is 3.26. The maximum atomic E-state index is 12.9. The van der Waals surface area contributed by atoms with E-state index in [4.69, 9.17) is 14.2 Å². The molecule has 0 spiro atoms. The van der Waals surface area contributed by atoms with Gasteiger partial charge in [0, 0.05) is 17.6 Å². The highest BCUT2D eigenvalue weighted by atomic mass is 79.9. The zero-order valence-electron chi connectivity index (χ0n) is 18.0. The Hall–Kier alpha value is -2.87. The molecule has 10 heteroatoms. The number of benzene rings is 2. The second kappa shape index (κ2) is 11.3. The van der Waals surface area contributed by atoms with E-state index in [0.29, 0.717) is 50.0 Å². The molecule has 0 unspecified atom stereocenters. The number of sulfone groups is 1. The highest BCUT2D eigenvalue weighted by Gasteiger charge is 2.21. The van der Waals surface area contributed by atoms with Crippen LogP contribution in [0.15, 0.2) is 56.7 Å². The SMILES string of the molecule is CCOc1cc(/C=C(\C#N)S(=O)(=O)c2ccc(Br)cc2)ccc1OCC(=O)N1CCOCC1. The first-order valence-electron chi connectivity index (χ1n) is 10.2. The lowest BCUT2D eigenvalue weighted by Gasteiger charge is -2.26. The van der Waals surface area contributed by atoms with E-state index in [2.05, 4.69) is 15.9 Å². The number of amides is 1. The average molecular weight is 535 g/mol. The highest BCUT2D eigenvalue weighted by Crippen LogP contribution is 2.31. The molecule has 0 bridgehead atoms. The molecule has 0 N–H and O–H groups in total. The smallest absolute Gasteiger partial charge is 0.260 e. The second-order valence-electron chi connectivity index (χ2n) is 7.00. The molecule has 2 aromatic carbocycles. The lowest BCUT2D eigenvalue weighted by Crippen LogP contribution is -2.43. The standard InChI is InChI=1S/C23H23BrN2O6S/c1-2-31-22-14-17(3-8-21(22)32-16-23(27)26-9-11-30-12-10-26)13-20(15-25)33(28,29)19-6-4-18(24)5-7-19/h3-8,13-14H,2,9-12,16H2,1H3/b20-13+. The van der Waals surface area contributed by atoms with E-state index in [0.717, 1.165) is 4.47 Å². The van der Waals surface area contributed by atoms with Gasteiger partial charge in [-0.2, -0.15) is 5.26 Å². The maximum Gasteiger partial charge on any atom is 0.260 e. The zero-order valence-corrected chi connectivity index (χ0v) is 20.4. The Morgan fingerprint density at radius 3 is 2.48 bits per heavy atom. The van der Waals surface area contributed by atoms with Crippen LogP contribution >= 0.6 is 15.9 Å². The summed E-state index contributed by atoms with van der Waals surface area (Å²) in [6.45, 7) is 4.02. The summed E-state index contributed by atoms with van der Waals surface area (Å²) in [4.78, 5) is 13.6. The molecule has 0 atom stereocenters. The molecule has 1 aliphatic heterocycles. The number of hydrogen-bond acceptors (Lipinski definition) is 7. The van der Waals surface area contributed by atoms with Crippen LogP contribution in [0.25, 0.3) is 6.08 Å². The maximum absolute atomic E-state index is 12.9. The molecule has 33 heavy (non-hydrogen) atoms. The van der Waals surface area contributed by atoms with Gasteiger partial charge in [-0.25, -0.2) is 8.42 Å². The Bertz CT molecular complexity index is 1170. The molecule has 0 saturated carbocycles. The van der Waals surface area contributed by atoms with Crippen LogP contribution in [0.2, 0.25) is 0 Å². The van der Waals surface area contributed by atoms with Crippen LogP contribution in [0.3, 0.4) is 0 Å². The molecular formula is C23H23BrN2O6S. The largest absolute Gasteiger partial charge is 0.490 e. The monoisotopic (exact) mass is 534 g/mol. The zero-order chi connectivity index (χ0) is 23.8. The molecule has 2 aromatic rings. The Morgan fingerprint density at radius 2 is 1.85 bits per heavy atom. The first-order chi connectivity index (χ1) is 15.8. The third-order valence-corrected chi connectivity index (χ3v) is 7.01. The predicted molar refractivity (Wildman–Crippen MR) is 125 cm³/mol. The fourth-order valence-electron chi connectivity index (χ4n) is 3.11. The van der Waals surface area contributed by atoms with Crippen molar-refractivity contribution in [3.63, 3.8) is 0 Å². The van der Waals surface area contributed by atoms with Gasteiger partial charge in [0.1, 0.15) is 11.0 Å². The fraction of sp³-hybridized carbons (Fsp3) is 0.304. The number of carbonyl (C=O) groups excluding carboxylic acids is 1. The van der Waals surface area contributed by atoms with Crippen molar-refractivity contribution in [3.05, 3.63) is 57.4 Å². The van der Waals surface area contributed by atoms with E-state index >= 15 is 0 Å². The summed E-state index contributed by atoms with van der Waals surface area (Å²) in [5.41, 5.74) is 0.447. The van der Waals surface area contributed by atoms with Crippen LogP contribution in [-0.2, 0) is 19.4 Å². The van der Waals surface area contributed by atoms with Crippen LogP contribution in [-0.4, -0.2) is 58.7 Å². The van der Waals surface area contributed by atoms with Crippen molar-refractivity contribution >= 4 is 37.8 Å². The number of carbonyl (C=O) groups is 1. The summed E-state index contributed by atoms with van der Waals surface area (Å²) in [6, 6.07) is 12.6. The van der Waals surface area contributed by atoms with Crippen molar-refractivity contribution < 1.29 is 27.4 Å². The molecule has 174 valence electrons. The van der Waals surface area contributed by atoms with E-state index < -0.39 is 14.7 Å². The number of ether oxygens (including phenoxy) is 3. The Balaban J connectivity index is 1.82. The number of nitriles is 1. The molecule has 0 radical (unpaired) electrons. The van der Waals surface area contributed by atoms with Gasteiger partial charge in [-0.15, -0.1) is 0 Å². The molecule has 1 heterocycles. The number of morpholine rings is 1. The van der Waals surface area contributed by atoms with Crippen LogP contribution < -0.4 is 9.47 Å². The topological polar surface area (TPSA) is 106 Å². The highest BCUT2D eigenvalue weighted by molar-refractivity contribution is 9.10. The number of nitrogens with zero attached hydrogens (tertiary/aromatic N) is 2. The van der Waals surface area contributed by atoms with E-state index in [1.807, 2.05) is 0 Å². The van der Waals surface area contributed by atoms with E-state index in [1.54, 1.807) is 48.2 Å². The number of hydrogen-bond donors (Lipinski definition) is 0. The van der Waals surface area contributed by atoms with Crippen molar-refractivity contribution in [1.82, 2.24) is 4.90 Å². The van der Waals surface area contributed by atoms with E-state index in [1.165, 1.54) is 18.2 Å². The lowest BCUT2D eigenvalue weighted by molar-refractivity contribution is -0.137. The second-order valence-corrected chi connectivity index (χ2v) is 9.83. The lowest BCUT2D eigenvalue weighted by atomic mass is 10.2. The summed E-state index contributed by atoms with van der Waals surface area (Å²) < 4.78 is 43.0. The predicted octanol–water partition coefficient (Wildman–Crippen LogP) is 3.42. The van der Waals surface area contributed by atoms with Crippen molar-refractivity contribution in [2.24, 2.45) is 0 Å². The minimum Gasteiger partial charge on any atom is -0.490 e. The van der Waals surface area contributed by atoms with Gasteiger partial charge in [-0.3, -0.25) is 4.79 Å². The van der Waals surface area contributed by atoms with Gasteiger partial charge >= 0.3 is 0 Å². The Morgan fingerprint density at radius 1 is 1.15 bits per heavy atom. The van der Waals surface area contributed by atoms with Gasteiger partial charge in [0.25, 0.3) is 5.91 Å². The molecule has 1 amide bonds. The van der Waals surface area contributed by atoms with Crippen molar-refractivity contribution in [3.8, 4) is 17.6 Å². The fourth-order valence-corrected chi connectivity index (χ4v) is 4.53. The third-order valence-electron chi connectivity index (χ3n) is 4.80. The van der Waals surface area contributed by atoms with Crippen LogP contribution in [0.1, 0.15) is 12.5 Å². The van der Waals surface area contributed by atoms with Crippen molar-refractivity contribution in [2.75, 3.05) is 39.5 Å². The molecule has 0 aromatic heterocycles. The summed E-state index contributed by atoms with van der Waals surface area (Å²) in [5.74, 6) is 0.543. The Kier molecular flexibility index (Phi) is 8.49. The Labute approximate surface area is 201 Å². The van der Waals surface area contributed by atoms with E-state index in [9.17, 15) is 18.5 Å². The summed E-state index contributed by atoms with van der Waals surface area (Å²) in [5, 5.41) is 9.52. The summed E-state index contributed by atoms with van der Waals surface area (Å²) in [6.07, 6.45) is 1.28. The first-order valence-corrected chi connectivity index (χ1v) is 12.5. The molecule has 1 fully saturated rings. The van der Waals surface area contributed by atoms with Gasteiger partial charge in [-0.05, 0) is 55.0 Å². The summed E-state index contributed by atoms with van der Waals surface area (Å²) in [7, 11) is -3.99. The normalized spacial score (nSPS) is 14.5. The van der Waals surface area contributed by atoms with Crippen LogP contribution in [0, 0.1) is 11.3 Å². The van der Waals surface area contributed by atoms with Crippen LogP contribution in [0.4, 0.5) is 0 Å². The number of allylic oxidation sites excluding steroid dienone is 1. The number of halogens is 1. The molecule has 1 aliphatic rings. The van der Waals surface area contributed by atoms with Crippen LogP contribution in [0.5, 0.6) is 11.5 Å². The van der Waals surface area contributed by atoms with Crippen molar-refractivity contribution in [2.45, 2.75) is 11.8 Å². The average Bonchev–Trinajstić information content (AvgIpc) is 2.82. The third kappa shape index (κ3) is 6.35. The van der Waals surface area contributed by atoms with E-state index in [-0.39, 0.29) is 17.4 Å². The minimum atomic E-state index is -3.99. The van der Waals surface area contributed by atoms with Gasteiger partial charge in [-0.1, -0.05) is 22.0 Å².